The van der Waals surface area contributed by atoms with Crippen LogP contribution in [0.15, 0.2) is 47.4 Å². The summed E-state index contributed by atoms with van der Waals surface area (Å²) in [6.07, 6.45) is 3.56. The van der Waals surface area contributed by atoms with Crippen molar-refractivity contribution < 1.29 is 23.8 Å². The molecule has 0 radical (unpaired) electrons. The van der Waals surface area contributed by atoms with Gasteiger partial charge in [-0.05, 0) is 111 Å². The van der Waals surface area contributed by atoms with Crippen molar-refractivity contribution >= 4 is 11.8 Å². The fourth-order valence-corrected chi connectivity index (χ4v) is 6.22. The van der Waals surface area contributed by atoms with Crippen LogP contribution in [0.4, 0.5) is 4.39 Å². The summed E-state index contributed by atoms with van der Waals surface area (Å²) >= 11 is 0. The van der Waals surface area contributed by atoms with Gasteiger partial charge in [0.05, 0.1) is 19.6 Å². The molecule has 1 fully saturated rings. The van der Waals surface area contributed by atoms with E-state index in [2.05, 4.69) is 4.90 Å². The van der Waals surface area contributed by atoms with Crippen molar-refractivity contribution in [3.8, 4) is 16.9 Å². The van der Waals surface area contributed by atoms with Gasteiger partial charge in [-0.15, -0.1) is 0 Å². The largest absolute Gasteiger partial charge is 0.496 e. The first-order valence-corrected chi connectivity index (χ1v) is 15.5. The smallest absolute Gasteiger partial charge is 0.303 e. The standard InChI is InChI=1S/C36H45FN2O5/c1-22(2)15-30(39-21-26(24(4)17-33(39)41)11-14-38-12-8-13-38)31(40)19-27(20-34(42)43)29-18-28(16-25(5)36(29)37)35-23(3)9-7-10-32(35)44-6/h7,9-10,16-18,21-22,27,30H,8,11-15,19-20H2,1-6H3,(H,42,43)/t27-,30?/m0/s1. The van der Waals surface area contributed by atoms with Crippen molar-refractivity contribution in [3.63, 3.8) is 0 Å². The zero-order chi connectivity index (χ0) is 32.1. The van der Waals surface area contributed by atoms with E-state index in [0.29, 0.717) is 23.3 Å². The van der Waals surface area contributed by atoms with Crippen molar-refractivity contribution in [2.75, 3.05) is 26.7 Å². The molecule has 0 bridgehead atoms. The van der Waals surface area contributed by atoms with Gasteiger partial charge in [-0.2, -0.15) is 0 Å². The number of halogens is 1. The molecule has 4 rings (SSSR count). The molecule has 3 aromatic rings. The molecule has 0 aliphatic carbocycles. The highest BCUT2D eigenvalue weighted by Gasteiger charge is 2.30. The molecule has 8 heteroatoms. The predicted molar refractivity (Wildman–Crippen MR) is 171 cm³/mol. The molecular weight excluding hydrogens is 559 g/mol. The van der Waals surface area contributed by atoms with Gasteiger partial charge in [-0.1, -0.05) is 26.0 Å². The average Bonchev–Trinajstić information content (AvgIpc) is 2.92. The predicted octanol–water partition coefficient (Wildman–Crippen LogP) is 6.64. The summed E-state index contributed by atoms with van der Waals surface area (Å²) in [6, 6.07) is 9.80. The lowest BCUT2D eigenvalue weighted by atomic mass is 9.84. The molecule has 0 saturated carbocycles. The zero-order valence-electron chi connectivity index (χ0n) is 26.8. The first kappa shape index (κ1) is 33.1. The number of likely N-dealkylation sites (tertiary alicyclic amines) is 1. The molecule has 236 valence electrons. The second-order valence-electron chi connectivity index (χ2n) is 12.6. The summed E-state index contributed by atoms with van der Waals surface area (Å²) in [5, 5.41) is 9.86. The molecular formula is C36H45FN2O5. The van der Waals surface area contributed by atoms with Crippen LogP contribution in [0.5, 0.6) is 5.75 Å². The number of pyridine rings is 1. The third kappa shape index (κ3) is 7.65. The lowest BCUT2D eigenvalue weighted by molar-refractivity contribution is -0.137. The number of carbonyl (C=O) groups is 2. The van der Waals surface area contributed by atoms with Crippen molar-refractivity contribution in [1.29, 1.82) is 0 Å². The van der Waals surface area contributed by atoms with E-state index in [9.17, 15) is 19.5 Å². The Morgan fingerprint density at radius 3 is 2.36 bits per heavy atom. The minimum absolute atomic E-state index is 0.0930. The van der Waals surface area contributed by atoms with Gasteiger partial charge in [0.1, 0.15) is 11.6 Å². The number of methoxy groups -OCH3 is 1. The van der Waals surface area contributed by atoms with Crippen molar-refractivity contribution in [2.24, 2.45) is 5.92 Å². The second kappa shape index (κ2) is 14.3. The third-order valence-corrected chi connectivity index (χ3v) is 8.78. The maximum atomic E-state index is 15.8. The molecule has 44 heavy (non-hydrogen) atoms. The highest BCUT2D eigenvalue weighted by atomic mass is 19.1. The van der Waals surface area contributed by atoms with Crippen LogP contribution in [0.3, 0.4) is 0 Å². The monoisotopic (exact) mass is 604 g/mol. The Kier molecular flexibility index (Phi) is 10.8. The van der Waals surface area contributed by atoms with E-state index in [0.717, 1.165) is 48.3 Å². The Balaban J connectivity index is 1.73. The van der Waals surface area contributed by atoms with E-state index in [1.165, 1.54) is 11.0 Å². The number of aliphatic carboxylic acids is 1. The van der Waals surface area contributed by atoms with Crippen LogP contribution in [-0.4, -0.2) is 53.1 Å². The summed E-state index contributed by atoms with van der Waals surface area (Å²) in [6.45, 7) is 12.5. The number of carbonyl (C=O) groups excluding carboxylic acids is 1. The van der Waals surface area contributed by atoms with Gasteiger partial charge < -0.3 is 19.3 Å². The lowest BCUT2D eigenvalue weighted by Gasteiger charge is -2.31. The number of aryl methyl sites for hydroxylation is 3. The summed E-state index contributed by atoms with van der Waals surface area (Å²) in [5.41, 5.74) is 4.58. The van der Waals surface area contributed by atoms with Crippen LogP contribution >= 0.6 is 0 Å². The highest BCUT2D eigenvalue weighted by Crippen LogP contribution is 2.38. The van der Waals surface area contributed by atoms with E-state index in [1.54, 1.807) is 32.2 Å². The van der Waals surface area contributed by atoms with Gasteiger partial charge in [0.25, 0.3) is 5.56 Å². The van der Waals surface area contributed by atoms with Gasteiger partial charge in [0, 0.05) is 36.7 Å². The van der Waals surface area contributed by atoms with Crippen molar-refractivity contribution in [1.82, 2.24) is 9.47 Å². The number of hydrogen-bond acceptors (Lipinski definition) is 5. The first-order valence-electron chi connectivity index (χ1n) is 15.5. The number of Topliss-reactive ketones (excluding diaryl/α,β-unsaturated/α-hetero) is 1. The summed E-state index contributed by atoms with van der Waals surface area (Å²) < 4.78 is 22.9. The first-order chi connectivity index (χ1) is 20.9. The zero-order valence-corrected chi connectivity index (χ0v) is 26.8. The quantitative estimate of drug-likeness (QED) is 0.222. The van der Waals surface area contributed by atoms with E-state index >= 15 is 4.39 Å². The van der Waals surface area contributed by atoms with Crippen LogP contribution in [0.2, 0.25) is 0 Å². The van der Waals surface area contributed by atoms with Gasteiger partial charge in [-0.3, -0.25) is 14.4 Å². The van der Waals surface area contributed by atoms with E-state index in [4.69, 9.17) is 4.74 Å². The van der Waals surface area contributed by atoms with Crippen LogP contribution in [0.25, 0.3) is 11.1 Å². The molecule has 1 saturated heterocycles. The summed E-state index contributed by atoms with van der Waals surface area (Å²) in [7, 11) is 1.57. The Hall–Kier alpha value is -3.78. The Labute approximate surface area is 259 Å². The van der Waals surface area contributed by atoms with Crippen molar-refractivity contribution in [3.05, 3.63) is 86.6 Å². The SMILES string of the molecule is COc1cccc(C)c1-c1cc(C)c(F)c([C@H](CC(=O)O)CC(=O)C(CC(C)C)n2cc(CCN3CCC3)c(C)cc2=O)c1. The fraction of sp³-hybridized carbons (Fsp3) is 0.472. The summed E-state index contributed by atoms with van der Waals surface area (Å²) in [4.78, 5) is 41.8. The average molecular weight is 605 g/mol. The molecule has 2 aromatic carbocycles. The Bertz CT molecular complexity index is 1570. The van der Waals surface area contributed by atoms with Gasteiger partial charge in [0.2, 0.25) is 0 Å². The molecule has 1 unspecified atom stereocenters. The summed E-state index contributed by atoms with van der Waals surface area (Å²) in [5.74, 6) is -2.14. The topological polar surface area (TPSA) is 88.8 Å². The number of hydrogen-bond donors (Lipinski definition) is 1. The molecule has 0 amide bonds. The van der Waals surface area contributed by atoms with Crippen LogP contribution < -0.4 is 10.3 Å². The minimum Gasteiger partial charge on any atom is -0.496 e. The third-order valence-electron chi connectivity index (χ3n) is 8.78. The number of rotatable bonds is 14. The Morgan fingerprint density at radius 1 is 1.02 bits per heavy atom. The van der Waals surface area contributed by atoms with Crippen LogP contribution in [0.1, 0.15) is 79.3 Å². The Morgan fingerprint density at radius 2 is 1.75 bits per heavy atom. The normalized spacial score (nSPS) is 14.7. The fourth-order valence-electron chi connectivity index (χ4n) is 6.22. The van der Waals surface area contributed by atoms with E-state index in [1.807, 2.05) is 52.1 Å². The molecule has 2 heterocycles. The van der Waals surface area contributed by atoms with Gasteiger partial charge in [0.15, 0.2) is 5.78 Å². The van der Waals surface area contributed by atoms with Crippen molar-refractivity contribution in [2.45, 2.75) is 78.7 Å². The number of carboxylic acid groups (broad SMARTS) is 1. The molecule has 2 atom stereocenters. The number of benzene rings is 2. The number of aromatic nitrogens is 1. The maximum Gasteiger partial charge on any atom is 0.303 e. The molecule has 7 nitrogen and oxygen atoms in total. The molecule has 1 N–H and O–H groups in total. The maximum absolute atomic E-state index is 15.8. The molecule has 1 aromatic heterocycles. The molecule has 1 aliphatic heterocycles. The van der Waals surface area contributed by atoms with Gasteiger partial charge in [-0.25, -0.2) is 4.39 Å². The number of ether oxygens (including phenoxy) is 1. The number of nitrogens with zero attached hydrogens (tertiary/aromatic N) is 2. The lowest BCUT2D eigenvalue weighted by Crippen LogP contribution is -2.38. The molecule has 1 aliphatic rings. The van der Waals surface area contributed by atoms with Crippen LogP contribution in [0, 0.1) is 32.5 Å². The van der Waals surface area contributed by atoms with Crippen LogP contribution in [-0.2, 0) is 16.0 Å². The van der Waals surface area contributed by atoms with E-state index < -0.39 is 30.2 Å². The minimum atomic E-state index is -1.13. The van der Waals surface area contributed by atoms with E-state index in [-0.39, 0.29) is 29.2 Å². The van der Waals surface area contributed by atoms with Gasteiger partial charge >= 0.3 is 5.97 Å². The second-order valence-corrected chi connectivity index (χ2v) is 12.6. The highest BCUT2D eigenvalue weighted by molar-refractivity contribution is 5.84. The number of ketones is 1. The molecule has 0 spiro atoms. The number of carboxylic acids is 1.